The molecule has 0 aliphatic carbocycles. The molecule has 0 radical (unpaired) electrons. The van der Waals surface area contributed by atoms with Crippen molar-refractivity contribution in [3.8, 4) is 0 Å². The third-order valence-corrected chi connectivity index (χ3v) is 4.34. The smallest absolute Gasteiger partial charge is 0.252 e. The minimum atomic E-state index is -0.00367. The van der Waals surface area contributed by atoms with Crippen molar-refractivity contribution in [2.75, 3.05) is 13.2 Å². The first-order valence-corrected chi connectivity index (χ1v) is 7.59. The molecule has 1 saturated heterocycles. The number of aryl methyl sites for hydroxylation is 2. The number of ether oxygens (including phenoxy) is 1. The van der Waals surface area contributed by atoms with E-state index in [2.05, 4.69) is 29.4 Å². The summed E-state index contributed by atoms with van der Waals surface area (Å²) in [5.74, 6) is 0. The second-order valence-corrected chi connectivity index (χ2v) is 5.86. The van der Waals surface area contributed by atoms with E-state index in [-0.39, 0.29) is 5.56 Å². The fourth-order valence-electron chi connectivity index (χ4n) is 2.87. The third kappa shape index (κ3) is 3.01. The zero-order chi connectivity index (χ0) is 14.8. The van der Waals surface area contributed by atoms with E-state index < -0.39 is 0 Å². The molecule has 1 aliphatic rings. The number of hydrogen-bond donors (Lipinski definition) is 2. The van der Waals surface area contributed by atoms with Crippen LogP contribution >= 0.6 is 0 Å². The molecular weight excluding hydrogens is 264 g/mol. The van der Waals surface area contributed by atoms with Gasteiger partial charge in [-0.3, -0.25) is 4.79 Å². The van der Waals surface area contributed by atoms with Gasteiger partial charge in [-0.15, -0.1) is 0 Å². The van der Waals surface area contributed by atoms with Crippen LogP contribution in [0.25, 0.3) is 10.9 Å². The van der Waals surface area contributed by atoms with Crippen molar-refractivity contribution in [3.05, 3.63) is 45.2 Å². The number of benzene rings is 1. The van der Waals surface area contributed by atoms with E-state index in [1.807, 2.05) is 13.0 Å². The molecule has 0 saturated carbocycles. The van der Waals surface area contributed by atoms with Crippen LogP contribution < -0.4 is 10.9 Å². The predicted octanol–water partition coefficient (Wildman–Crippen LogP) is 2.41. The number of nitrogens with one attached hydrogen (secondary N) is 2. The molecule has 1 aromatic heterocycles. The van der Waals surface area contributed by atoms with E-state index >= 15 is 0 Å². The third-order valence-electron chi connectivity index (χ3n) is 4.34. The number of pyridine rings is 1. The van der Waals surface area contributed by atoms with Gasteiger partial charge in [-0.25, -0.2) is 0 Å². The van der Waals surface area contributed by atoms with Crippen LogP contribution in [0.4, 0.5) is 0 Å². The maximum Gasteiger partial charge on any atom is 0.252 e. The van der Waals surface area contributed by atoms with Gasteiger partial charge >= 0.3 is 0 Å². The van der Waals surface area contributed by atoms with Crippen LogP contribution in [0.3, 0.4) is 0 Å². The Hall–Kier alpha value is -1.65. The molecule has 2 N–H and O–H groups in total. The van der Waals surface area contributed by atoms with E-state index in [1.165, 1.54) is 5.56 Å². The molecule has 2 aromatic rings. The van der Waals surface area contributed by atoms with Crippen molar-refractivity contribution in [1.82, 2.24) is 10.3 Å². The number of aromatic amines is 1. The Labute approximate surface area is 124 Å². The highest BCUT2D eigenvalue weighted by Gasteiger charge is 2.15. The second-order valence-electron chi connectivity index (χ2n) is 5.86. The fraction of sp³-hybridized carbons (Fsp3) is 0.471. The van der Waals surface area contributed by atoms with Gasteiger partial charge in [0.2, 0.25) is 0 Å². The van der Waals surface area contributed by atoms with Crippen molar-refractivity contribution in [1.29, 1.82) is 0 Å². The summed E-state index contributed by atoms with van der Waals surface area (Å²) < 4.78 is 5.57. The van der Waals surface area contributed by atoms with Gasteiger partial charge in [-0.2, -0.15) is 0 Å². The van der Waals surface area contributed by atoms with Crippen LogP contribution in [0, 0.1) is 13.8 Å². The van der Waals surface area contributed by atoms with E-state index in [0.717, 1.165) is 48.0 Å². The maximum atomic E-state index is 12.2. The Balaban J connectivity index is 1.77. The molecule has 1 fully saturated rings. The molecule has 112 valence electrons. The highest BCUT2D eigenvalue weighted by molar-refractivity contribution is 5.83. The van der Waals surface area contributed by atoms with Crippen molar-refractivity contribution >= 4 is 10.9 Å². The van der Waals surface area contributed by atoms with E-state index in [1.54, 1.807) is 0 Å². The average Bonchev–Trinajstić information content (AvgIpc) is 2.98. The lowest BCUT2D eigenvalue weighted by atomic mass is 10.0. The topological polar surface area (TPSA) is 54.1 Å². The molecular formula is C17H22N2O2. The molecule has 0 spiro atoms. The maximum absolute atomic E-state index is 12.2. The van der Waals surface area contributed by atoms with E-state index in [0.29, 0.717) is 12.6 Å². The van der Waals surface area contributed by atoms with Gasteiger partial charge < -0.3 is 15.0 Å². The van der Waals surface area contributed by atoms with Crippen LogP contribution in [0.1, 0.15) is 29.5 Å². The Kier molecular flexibility index (Phi) is 4.08. The quantitative estimate of drug-likeness (QED) is 0.907. The fourth-order valence-corrected chi connectivity index (χ4v) is 2.87. The number of H-pyrrole nitrogens is 1. The summed E-state index contributed by atoms with van der Waals surface area (Å²) >= 11 is 0. The average molecular weight is 286 g/mol. The summed E-state index contributed by atoms with van der Waals surface area (Å²) in [5, 5.41) is 4.42. The van der Waals surface area contributed by atoms with Crippen molar-refractivity contribution in [2.24, 2.45) is 0 Å². The molecule has 2 heterocycles. The van der Waals surface area contributed by atoms with Crippen molar-refractivity contribution in [3.63, 3.8) is 0 Å². The number of fused-ring (bicyclic) bond motifs is 1. The van der Waals surface area contributed by atoms with E-state index in [9.17, 15) is 4.79 Å². The van der Waals surface area contributed by atoms with Crippen LogP contribution in [0.15, 0.2) is 23.0 Å². The summed E-state index contributed by atoms with van der Waals surface area (Å²) in [6.45, 7) is 6.36. The minimum Gasteiger partial charge on any atom is -0.377 e. The highest BCUT2D eigenvalue weighted by Crippen LogP contribution is 2.18. The predicted molar refractivity (Wildman–Crippen MR) is 84.7 cm³/mol. The summed E-state index contributed by atoms with van der Waals surface area (Å²) in [6.07, 6.45) is 2.55. The SMILES string of the molecule is Cc1ccc2cc(CNC[C@@H]3CCCO3)c(=O)[nH]c2c1C. The first-order valence-electron chi connectivity index (χ1n) is 7.59. The Morgan fingerprint density at radius 3 is 3.00 bits per heavy atom. The molecule has 0 unspecified atom stereocenters. The van der Waals surface area contributed by atoms with E-state index in [4.69, 9.17) is 4.74 Å². The Bertz CT molecular complexity index is 700. The monoisotopic (exact) mass is 286 g/mol. The zero-order valence-corrected chi connectivity index (χ0v) is 12.7. The van der Waals surface area contributed by atoms with Crippen LogP contribution in [-0.4, -0.2) is 24.2 Å². The second kappa shape index (κ2) is 6.00. The lowest BCUT2D eigenvalue weighted by Gasteiger charge is -2.11. The Morgan fingerprint density at radius 1 is 1.38 bits per heavy atom. The number of hydrogen-bond acceptors (Lipinski definition) is 3. The van der Waals surface area contributed by atoms with Gasteiger partial charge in [0, 0.05) is 25.3 Å². The molecule has 0 bridgehead atoms. The van der Waals surface area contributed by atoms with Gasteiger partial charge in [0.25, 0.3) is 5.56 Å². The summed E-state index contributed by atoms with van der Waals surface area (Å²) in [6, 6.07) is 6.15. The molecule has 1 aliphatic heterocycles. The van der Waals surface area contributed by atoms with Gasteiger partial charge in [-0.1, -0.05) is 12.1 Å². The highest BCUT2D eigenvalue weighted by atomic mass is 16.5. The Morgan fingerprint density at radius 2 is 2.24 bits per heavy atom. The molecule has 1 atom stereocenters. The minimum absolute atomic E-state index is 0.00367. The van der Waals surface area contributed by atoms with Gasteiger partial charge in [0.1, 0.15) is 0 Å². The lowest BCUT2D eigenvalue weighted by molar-refractivity contribution is 0.110. The summed E-state index contributed by atoms with van der Waals surface area (Å²) in [5.41, 5.74) is 4.06. The van der Waals surface area contributed by atoms with Gasteiger partial charge in [0.05, 0.1) is 11.6 Å². The zero-order valence-electron chi connectivity index (χ0n) is 12.7. The molecule has 0 amide bonds. The number of rotatable bonds is 4. The first kappa shape index (κ1) is 14.3. The van der Waals surface area contributed by atoms with Crippen molar-refractivity contribution in [2.45, 2.75) is 39.3 Å². The van der Waals surface area contributed by atoms with Gasteiger partial charge in [-0.05, 0) is 49.3 Å². The van der Waals surface area contributed by atoms with Gasteiger partial charge in [0.15, 0.2) is 0 Å². The molecule has 4 nitrogen and oxygen atoms in total. The standard InChI is InChI=1S/C17H22N2O2/c1-11-5-6-13-8-14(17(20)19-16(13)12(11)2)9-18-10-15-4-3-7-21-15/h5-6,8,15,18H,3-4,7,9-10H2,1-2H3,(H,19,20)/t15-/m0/s1. The molecule has 3 rings (SSSR count). The largest absolute Gasteiger partial charge is 0.377 e. The summed E-state index contributed by atoms with van der Waals surface area (Å²) in [4.78, 5) is 15.2. The molecule has 1 aromatic carbocycles. The summed E-state index contributed by atoms with van der Waals surface area (Å²) in [7, 11) is 0. The first-order chi connectivity index (χ1) is 10.1. The molecule has 21 heavy (non-hydrogen) atoms. The lowest BCUT2D eigenvalue weighted by Crippen LogP contribution is -2.28. The van der Waals surface area contributed by atoms with Crippen LogP contribution in [-0.2, 0) is 11.3 Å². The van der Waals surface area contributed by atoms with Crippen LogP contribution in [0.5, 0.6) is 0 Å². The molecule has 4 heteroatoms. The van der Waals surface area contributed by atoms with Crippen LogP contribution in [0.2, 0.25) is 0 Å². The number of aromatic nitrogens is 1. The van der Waals surface area contributed by atoms with Crippen molar-refractivity contribution < 1.29 is 4.74 Å². The normalized spacial score (nSPS) is 18.5.